The molecule has 0 radical (unpaired) electrons. The summed E-state index contributed by atoms with van der Waals surface area (Å²) in [6.45, 7) is 3.47. The maximum Gasteiger partial charge on any atom is 0.244 e. The second kappa shape index (κ2) is 5.63. The number of sulfonamides is 1. The molecule has 0 saturated heterocycles. The third kappa shape index (κ3) is 3.49. The summed E-state index contributed by atoms with van der Waals surface area (Å²) >= 11 is 3.20. The summed E-state index contributed by atoms with van der Waals surface area (Å²) in [5.41, 5.74) is -0.752. The van der Waals surface area contributed by atoms with Gasteiger partial charge in [0.25, 0.3) is 0 Å². The number of rotatable bonds is 5. The first kappa shape index (κ1) is 15.5. The SMILES string of the molecule is CCC(C)(CBr)NS(=O)(=O)c1cc(F)ccc1F. The van der Waals surface area contributed by atoms with E-state index >= 15 is 0 Å². The minimum absolute atomic E-state index is 0.368. The van der Waals surface area contributed by atoms with Crippen molar-refractivity contribution in [1.82, 2.24) is 4.72 Å². The van der Waals surface area contributed by atoms with Crippen molar-refractivity contribution in [2.45, 2.75) is 30.7 Å². The number of halogens is 3. The number of hydrogen-bond donors (Lipinski definition) is 1. The molecule has 1 aromatic carbocycles. The van der Waals surface area contributed by atoms with E-state index in [2.05, 4.69) is 20.7 Å². The van der Waals surface area contributed by atoms with Crippen molar-refractivity contribution in [2.24, 2.45) is 0 Å². The highest BCUT2D eigenvalue weighted by atomic mass is 79.9. The lowest BCUT2D eigenvalue weighted by atomic mass is 10.0. The number of alkyl halides is 1. The Balaban J connectivity index is 3.18. The van der Waals surface area contributed by atoms with Crippen molar-refractivity contribution in [1.29, 1.82) is 0 Å². The standard InChI is InChI=1S/C11H14BrF2NO2S/c1-3-11(2,7-12)15-18(16,17)10-6-8(13)4-5-9(10)14/h4-6,15H,3,7H2,1-2H3. The van der Waals surface area contributed by atoms with Crippen molar-refractivity contribution in [3.8, 4) is 0 Å². The van der Waals surface area contributed by atoms with Crippen molar-refractivity contribution < 1.29 is 17.2 Å². The van der Waals surface area contributed by atoms with Crippen LogP contribution in [0.25, 0.3) is 0 Å². The third-order valence-electron chi connectivity index (χ3n) is 2.64. The van der Waals surface area contributed by atoms with Crippen LogP contribution in [0.4, 0.5) is 8.78 Å². The van der Waals surface area contributed by atoms with Crippen molar-refractivity contribution >= 4 is 26.0 Å². The number of nitrogens with one attached hydrogen (secondary N) is 1. The molecule has 1 rings (SSSR count). The number of hydrogen-bond acceptors (Lipinski definition) is 2. The first-order valence-corrected chi connectivity index (χ1v) is 7.89. The molecule has 0 fully saturated rings. The second-order valence-electron chi connectivity index (χ2n) is 4.23. The van der Waals surface area contributed by atoms with E-state index in [9.17, 15) is 17.2 Å². The van der Waals surface area contributed by atoms with Crippen LogP contribution in [0.3, 0.4) is 0 Å². The average Bonchev–Trinajstić information content (AvgIpc) is 2.31. The van der Waals surface area contributed by atoms with E-state index in [4.69, 9.17) is 0 Å². The van der Waals surface area contributed by atoms with Crippen LogP contribution < -0.4 is 4.72 Å². The fourth-order valence-corrected chi connectivity index (χ4v) is 3.55. The highest BCUT2D eigenvalue weighted by molar-refractivity contribution is 9.09. The van der Waals surface area contributed by atoms with Gasteiger partial charge in [-0.2, -0.15) is 0 Å². The lowest BCUT2D eigenvalue weighted by Gasteiger charge is -2.26. The molecular weight excluding hydrogens is 328 g/mol. The van der Waals surface area contributed by atoms with Crippen LogP contribution in [-0.4, -0.2) is 19.3 Å². The van der Waals surface area contributed by atoms with Gasteiger partial charge in [-0.1, -0.05) is 22.9 Å². The fourth-order valence-electron chi connectivity index (χ4n) is 1.26. The molecule has 18 heavy (non-hydrogen) atoms. The average molecular weight is 342 g/mol. The molecule has 0 aliphatic heterocycles. The molecule has 1 unspecified atom stereocenters. The summed E-state index contributed by atoms with van der Waals surface area (Å²) in [7, 11) is -4.09. The summed E-state index contributed by atoms with van der Waals surface area (Å²) in [4.78, 5) is -0.678. The van der Waals surface area contributed by atoms with E-state index < -0.39 is 32.1 Å². The molecule has 0 spiro atoms. The van der Waals surface area contributed by atoms with Crippen LogP contribution in [0.2, 0.25) is 0 Å². The minimum Gasteiger partial charge on any atom is -0.207 e. The van der Waals surface area contributed by atoms with E-state index in [-0.39, 0.29) is 0 Å². The van der Waals surface area contributed by atoms with Gasteiger partial charge in [0.15, 0.2) is 0 Å². The maximum absolute atomic E-state index is 13.5. The van der Waals surface area contributed by atoms with E-state index in [1.807, 2.05) is 0 Å². The molecular formula is C11H14BrF2NO2S. The van der Waals surface area contributed by atoms with Gasteiger partial charge in [-0.25, -0.2) is 21.9 Å². The Kier molecular flexibility index (Phi) is 4.85. The van der Waals surface area contributed by atoms with Gasteiger partial charge in [-0.15, -0.1) is 0 Å². The molecule has 0 aliphatic rings. The maximum atomic E-state index is 13.5. The van der Waals surface area contributed by atoms with Gasteiger partial charge in [0, 0.05) is 10.9 Å². The Labute approximate surface area is 114 Å². The van der Waals surface area contributed by atoms with Crippen LogP contribution >= 0.6 is 15.9 Å². The Morgan fingerprint density at radius 1 is 1.39 bits per heavy atom. The monoisotopic (exact) mass is 341 g/mol. The molecule has 102 valence electrons. The molecule has 1 aromatic rings. The van der Waals surface area contributed by atoms with Crippen LogP contribution in [0.1, 0.15) is 20.3 Å². The van der Waals surface area contributed by atoms with E-state index in [0.717, 1.165) is 12.1 Å². The molecule has 0 amide bonds. The molecule has 0 bridgehead atoms. The summed E-state index contributed by atoms with van der Waals surface area (Å²) in [5, 5.41) is 0.368. The quantitative estimate of drug-likeness (QED) is 0.837. The largest absolute Gasteiger partial charge is 0.244 e. The van der Waals surface area contributed by atoms with Gasteiger partial charge in [0.2, 0.25) is 10.0 Å². The molecule has 0 heterocycles. The van der Waals surface area contributed by atoms with Gasteiger partial charge in [-0.3, -0.25) is 0 Å². The van der Waals surface area contributed by atoms with Gasteiger partial charge in [0.1, 0.15) is 16.5 Å². The summed E-state index contributed by atoms with van der Waals surface area (Å²) in [5.74, 6) is -1.77. The lowest BCUT2D eigenvalue weighted by molar-refractivity contribution is 0.446. The molecule has 1 N–H and O–H groups in total. The molecule has 1 atom stereocenters. The van der Waals surface area contributed by atoms with Gasteiger partial charge in [-0.05, 0) is 31.5 Å². The fraction of sp³-hybridized carbons (Fsp3) is 0.455. The number of benzene rings is 1. The molecule has 0 saturated carbocycles. The van der Waals surface area contributed by atoms with Crippen molar-refractivity contribution in [3.63, 3.8) is 0 Å². The van der Waals surface area contributed by atoms with Crippen LogP contribution in [-0.2, 0) is 10.0 Å². The van der Waals surface area contributed by atoms with Crippen molar-refractivity contribution in [3.05, 3.63) is 29.8 Å². The highest BCUT2D eigenvalue weighted by Crippen LogP contribution is 2.20. The van der Waals surface area contributed by atoms with E-state index in [0.29, 0.717) is 17.8 Å². The van der Waals surface area contributed by atoms with Crippen LogP contribution in [0.15, 0.2) is 23.1 Å². The Morgan fingerprint density at radius 3 is 2.50 bits per heavy atom. The highest BCUT2D eigenvalue weighted by Gasteiger charge is 2.30. The zero-order chi connectivity index (χ0) is 14.0. The molecule has 3 nitrogen and oxygen atoms in total. The zero-order valence-electron chi connectivity index (χ0n) is 10.0. The van der Waals surface area contributed by atoms with Crippen molar-refractivity contribution in [2.75, 3.05) is 5.33 Å². The van der Waals surface area contributed by atoms with Crippen LogP contribution in [0, 0.1) is 11.6 Å². The van der Waals surface area contributed by atoms with Gasteiger partial charge < -0.3 is 0 Å². The Hall–Kier alpha value is -0.530. The molecule has 7 heteroatoms. The first-order chi connectivity index (χ1) is 8.24. The topological polar surface area (TPSA) is 46.2 Å². The minimum atomic E-state index is -4.09. The van der Waals surface area contributed by atoms with E-state index in [1.165, 1.54) is 0 Å². The smallest absolute Gasteiger partial charge is 0.207 e. The predicted molar refractivity (Wildman–Crippen MR) is 69.2 cm³/mol. The normalized spacial score (nSPS) is 15.4. The van der Waals surface area contributed by atoms with E-state index in [1.54, 1.807) is 13.8 Å². The predicted octanol–water partition coefficient (Wildman–Crippen LogP) is 2.81. The summed E-state index contributed by atoms with van der Waals surface area (Å²) in [6.07, 6.45) is 0.508. The van der Waals surface area contributed by atoms with Gasteiger partial charge in [0.05, 0.1) is 0 Å². The van der Waals surface area contributed by atoms with Gasteiger partial charge >= 0.3 is 0 Å². The Bertz CT molecular complexity index is 530. The Morgan fingerprint density at radius 2 is 2.00 bits per heavy atom. The van der Waals surface area contributed by atoms with Crippen LogP contribution in [0.5, 0.6) is 0 Å². The first-order valence-electron chi connectivity index (χ1n) is 5.29. The molecule has 0 aliphatic carbocycles. The summed E-state index contributed by atoms with van der Waals surface area (Å²) < 4.78 is 52.8. The lowest BCUT2D eigenvalue weighted by Crippen LogP contribution is -2.47. The second-order valence-corrected chi connectivity index (χ2v) is 6.44. The molecule has 0 aromatic heterocycles. The zero-order valence-corrected chi connectivity index (χ0v) is 12.4. The summed E-state index contributed by atoms with van der Waals surface area (Å²) in [6, 6.07) is 2.33. The third-order valence-corrected chi connectivity index (χ3v) is 5.53.